The molecule has 0 bridgehead atoms. The molecular formula is C26H24N4O4. The molecule has 0 fully saturated rings. The summed E-state index contributed by atoms with van der Waals surface area (Å²) in [5.74, 6) is -1.87. The van der Waals surface area contributed by atoms with Crippen molar-refractivity contribution < 1.29 is 19.8 Å². The van der Waals surface area contributed by atoms with Crippen molar-refractivity contribution in [3.8, 4) is 22.3 Å². The standard InChI is InChI=1S/2C13H12N2O2/c2*14-11-6-5-10(7-12(11)15)8-1-3-9(4-2-8)13(16)17/h2*1-7H,14-15H2,(H,16,17). The van der Waals surface area contributed by atoms with E-state index in [4.69, 9.17) is 33.1 Å². The SMILES string of the molecule is Nc1ccc(-c2ccc(C(=O)O)cc2)cc1N.Nc1ccc(-c2ccc(C(=O)O)cc2)cc1N. The lowest BCUT2D eigenvalue weighted by molar-refractivity contribution is 0.0686. The van der Waals surface area contributed by atoms with Crippen LogP contribution in [0.4, 0.5) is 22.7 Å². The maximum atomic E-state index is 10.7. The lowest BCUT2D eigenvalue weighted by Gasteiger charge is -2.05. The Balaban J connectivity index is 0.000000191. The molecule has 0 aliphatic heterocycles. The first-order valence-corrected chi connectivity index (χ1v) is 10.1. The minimum atomic E-state index is -0.937. The summed E-state index contributed by atoms with van der Waals surface area (Å²) in [5, 5.41) is 17.6. The molecule has 0 heterocycles. The van der Waals surface area contributed by atoms with E-state index in [2.05, 4.69) is 0 Å². The van der Waals surface area contributed by atoms with E-state index in [0.29, 0.717) is 22.7 Å². The molecule has 0 atom stereocenters. The van der Waals surface area contributed by atoms with E-state index in [1.165, 1.54) is 0 Å². The van der Waals surface area contributed by atoms with Crippen molar-refractivity contribution in [1.29, 1.82) is 0 Å². The monoisotopic (exact) mass is 456 g/mol. The Morgan fingerprint density at radius 3 is 1.00 bits per heavy atom. The van der Waals surface area contributed by atoms with Crippen LogP contribution in [0.2, 0.25) is 0 Å². The first-order chi connectivity index (χ1) is 16.2. The van der Waals surface area contributed by atoms with Crippen molar-refractivity contribution in [3.05, 3.63) is 96.1 Å². The summed E-state index contributed by atoms with van der Waals surface area (Å²) in [4.78, 5) is 21.4. The summed E-state index contributed by atoms with van der Waals surface area (Å²) in [7, 11) is 0. The van der Waals surface area contributed by atoms with Gasteiger partial charge in [0.05, 0.1) is 33.9 Å². The highest BCUT2D eigenvalue weighted by molar-refractivity contribution is 5.89. The molecule has 4 aromatic rings. The van der Waals surface area contributed by atoms with Gasteiger partial charge in [-0.15, -0.1) is 0 Å². The van der Waals surface area contributed by atoms with Crippen LogP contribution in [-0.2, 0) is 0 Å². The van der Waals surface area contributed by atoms with Crippen LogP contribution in [0, 0.1) is 0 Å². The van der Waals surface area contributed by atoms with Crippen molar-refractivity contribution in [3.63, 3.8) is 0 Å². The molecule has 8 nitrogen and oxygen atoms in total. The molecule has 172 valence electrons. The maximum Gasteiger partial charge on any atom is 0.335 e. The van der Waals surface area contributed by atoms with Gasteiger partial charge in [-0.2, -0.15) is 0 Å². The maximum absolute atomic E-state index is 10.7. The number of nitrogens with two attached hydrogens (primary N) is 4. The number of carboxylic acid groups (broad SMARTS) is 2. The smallest absolute Gasteiger partial charge is 0.335 e. The van der Waals surface area contributed by atoms with E-state index in [-0.39, 0.29) is 11.1 Å². The Hall–Kier alpha value is -4.98. The summed E-state index contributed by atoms with van der Waals surface area (Å²) in [6, 6.07) is 23.9. The Labute approximate surface area is 196 Å². The molecule has 4 rings (SSSR count). The third-order valence-electron chi connectivity index (χ3n) is 5.10. The van der Waals surface area contributed by atoms with E-state index in [1.54, 1.807) is 72.8 Å². The fraction of sp³-hybridized carbons (Fsp3) is 0. The summed E-state index contributed by atoms with van der Waals surface area (Å²) in [5.41, 5.74) is 29.0. The number of rotatable bonds is 4. The van der Waals surface area contributed by atoms with Crippen LogP contribution in [0.5, 0.6) is 0 Å². The first kappa shape index (κ1) is 23.7. The van der Waals surface area contributed by atoms with E-state index >= 15 is 0 Å². The van der Waals surface area contributed by atoms with Gasteiger partial charge in [0, 0.05) is 0 Å². The molecule has 0 saturated heterocycles. The van der Waals surface area contributed by atoms with Gasteiger partial charge < -0.3 is 33.1 Å². The van der Waals surface area contributed by atoms with Gasteiger partial charge in [0.1, 0.15) is 0 Å². The van der Waals surface area contributed by atoms with Crippen molar-refractivity contribution in [2.75, 3.05) is 22.9 Å². The Morgan fingerprint density at radius 2 is 0.735 bits per heavy atom. The van der Waals surface area contributed by atoms with E-state index in [1.807, 2.05) is 12.1 Å². The number of anilines is 4. The van der Waals surface area contributed by atoms with Crippen LogP contribution in [0.1, 0.15) is 20.7 Å². The molecule has 0 unspecified atom stereocenters. The van der Waals surface area contributed by atoms with Gasteiger partial charge in [-0.3, -0.25) is 0 Å². The van der Waals surface area contributed by atoms with Gasteiger partial charge >= 0.3 is 11.9 Å². The van der Waals surface area contributed by atoms with Crippen LogP contribution in [0.25, 0.3) is 22.3 Å². The Kier molecular flexibility index (Phi) is 7.03. The number of hydrogen-bond donors (Lipinski definition) is 6. The molecule has 0 radical (unpaired) electrons. The lowest BCUT2D eigenvalue weighted by atomic mass is 10.0. The Bertz CT molecular complexity index is 1230. The van der Waals surface area contributed by atoms with E-state index < -0.39 is 11.9 Å². The molecule has 0 saturated carbocycles. The predicted molar refractivity (Wildman–Crippen MR) is 135 cm³/mol. The number of nitrogen functional groups attached to an aromatic ring is 4. The first-order valence-electron chi connectivity index (χ1n) is 10.1. The van der Waals surface area contributed by atoms with Crippen molar-refractivity contribution >= 4 is 34.7 Å². The summed E-state index contributed by atoms with van der Waals surface area (Å²) >= 11 is 0. The lowest BCUT2D eigenvalue weighted by Crippen LogP contribution is -1.96. The third kappa shape index (κ3) is 5.63. The largest absolute Gasteiger partial charge is 0.478 e. The molecule has 0 aliphatic carbocycles. The highest BCUT2D eigenvalue weighted by atomic mass is 16.4. The second-order valence-electron chi connectivity index (χ2n) is 7.45. The van der Waals surface area contributed by atoms with Crippen LogP contribution < -0.4 is 22.9 Å². The number of hydrogen-bond acceptors (Lipinski definition) is 6. The normalized spacial score (nSPS) is 10.1. The van der Waals surface area contributed by atoms with Gasteiger partial charge in [0.25, 0.3) is 0 Å². The molecule has 34 heavy (non-hydrogen) atoms. The second kappa shape index (κ2) is 10.1. The number of aromatic carboxylic acids is 2. The molecule has 0 amide bonds. The molecule has 8 heteroatoms. The van der Waals surface area contributed by atoms with Gasteiger partial charge in [0.15, 0.2) is 0 Å². The molecular weight excluding hydrogens is 432 g/mol. The topological polar surface area (TPSA) is 179 Å². The van der Waals surface area contributed by atoms with Gasteiger partial charge in [-0.1, -0.05) is 36.4 Å². The van der Waals surface area contributed by atoms with Crippen molar-refractivity contribution in [1.82, 2.24) is 0 Å². The summed E-state index contributed by atoms with van der Waals surface area (Å²) < 4.78 is 0. The molecule has 4 aromatic carbocycles. The van der Waals surface area contributed by atoms with Crippen LogP contribution in [0.3, 0.4) is 0 Å². The van der Waals surface area contributed by atoms with Gasteiger partial charge in [-0.05, 0) is 70.8 Å². The predicted octanol–water partition coefficient (Wildman–Crippen LogP) is 4.43. The molecule has 0 spiro atoms. The van der Waals surface area contributed by atoms with Crippen molar-refractivity contribution in [2.45, 2.75) is 0 Å². The van der Waals surface area contributed by atoms with Gasteiger partial charge in [-0.25, -0.2) is 9.59 Å². The quantitative estimate of drug-likeness (QED) is 0.244. The average Bonchev–Trinajstić information content (AvgIpc) is 2.83. The van der Waals surface area contributed by atoms with E-state index in [0.717, 1.165) is 22.3 Å². The average molecular weight is 457 g/mol. The van der Waals surface area contributed by atoms with Crippen LogP contribution >= 0.6 is 0 Å². The summed E-state index contributed by atoms with van der Waals surface area (Å²) in [6.07, 6.45) is 0. The van der Waals surface area contributed by atoms with E-state index in [9.17, 15) is 9.59 Å². The number of carbonyl (C=O) groups is 2. The van der Waals surface area contributed by atoms with Crippen molar-refractivity contribution in [2.24, 2.45) is 0 Å². The number of carboxylic acids is 2. The zero-order valence-corrected chi connectivity index (χ0v) is 18.1. The second-order valence-corrected chi connectivity index (χ2v) is 7.45. The fourth-order valence-electron chi connectivity index (χ4n) is 3.12. The zero-order chi connectivity index (χ0) is 24.8. The molecule has 10 N–H and O–H groups in total. The highest BCUT2D eigenvalue weighted by Crippen LogP contribution is 2.26. The van der Waals surface area contributed by atoms with Gasteiger partial charge in [0.2, 0.25) is 0 Å². The van der Waals surface area contributed by atoms with Crippen LogP contribution in [-0.4, -0.2) is 22.2 Å². The fourth-order valence-corrected chi connectivity index (χ4v) is 3.12. The number of benzene rings is 4. The van der Waals surface area contributed by atoms with Crippen LogP contribution in [0.15, 0.2) is 84.9 Å². The molecule has 0 aliphatic rings. The zero-order valence-electron chi connectivity index (χ0n) is 18.1. The minimum absolute atomic E-state index is 0.261. The third-order valence-corrected chi connectivity index (χ3v) is 5.10. The highest BCUT2D eigenvalue weighted by Gasteiger charge is 2.05. The summed E-state index contributed by atoms with van der Waals surface area (Å²) in [6.45, 7) is 0. The Morgan fingerprint density at radius 1 is 0.441 bits per heavy atom. The molecule has 0 aromatic heterocycles. The minimum Gasteiger partial charge on any atom is -0.478 e.